The number of nitrogens with zero attached hydrogens (tertiary/aromatic N) is 2. The highest BCUT2D eigenvalue weighted by molar-refractivity contribution is 7.98. The van der Waals surface area contributed by atoms with Gasteiger partial charge < -0.3 is 16.0 Å². The van der Waals surface area contributed by atoms with Gasteiger partial charge in [-0.3, -0.25) is 4.99 Å². The fourth-order valence-electron chi connectivity index (χ4n) is 3.07. The molecule has 152 valence electrons. The normalized spacial score (nSPS) is 11.5. The summed E-state index contributed by atoms with van der Waals surface area (Å²) in [7, 11) is 0. The van der Waals surface area contributed by atoms with Crippen molar-refractivity contribution in [3.8, 4) is 0 Å². The minimum atomic E-state index is 0.527. The van der Waals surface area contributed by atoms with Crippen LogP contribution in [0.3, 0.4) is 0 Å². The minimum Gasteiger partial charge on any atom is -0.370 e. The van der Waals surface area contributed by atoms with Crippen LogP contribution in [-0.2, 0) is 18.6 Å². The van der Waals surface area contributed by atoms with Crippen LogP contribution in [-0.4, -0.2) is 34.8 Å². The molecular formula is C23H29N5S. The van der Waals surface area contributed by atoms with Crippen molar-refractivity contribution in [3.05, 3.63) is 89.5 Å². The number of hydrogen-bond acceptors (Lipinski definition) is 3. The molecule has 2 aromatic carbocycles. The lowest BCUT2D eigenvalue weighted by atomic mass is 10.0. The number of aliphatic imine (C=N–C) groups is 1. The first kappa shape index (κ1) is 21.0. The lowest BCUT2D eigenvalue weighted by molar-refractivity contribution is 0.806. The van der Waals surface area contributed by atoms with E-state index >= 15 is 0 Å². The molecule has 0 amide bonds. The topological polar surface area (TPSA) is 79.1 Å². The van der Waals surface area contributed by atoms with Gasteiger partial charge in [-0.1, -0.05) is 54.6 Å². The highest BCUT2D eigenvalue weighted by atomic mass is 32.2. The Morgan fingerprint density at radius 2 is 1.86 bits per heavy atom. The molecule has 0 saturated heterocycles. The smallest absolute Gasteiger partial charge is 0.188 e. The van der Waals surface area contributed by atoms with E-state index in [-0.39, 0.29) is 0 Å². The van der Waals surface area contributed by atoms with E-state index in [9.17, 15) is 0 Å². The summed E-state index contributed by atoms with van der Waals surface area (Å²) in [5, 5.41) is 3.20. The summed E-state index contributed by atoms with van der Waals surface area (Å²) in [6, 6.07) is 19.3. The number of benzene rings is 2. The molecule has 0 aliphatic carbocycles. The molecule has 0 aliphatic heterocycles. The second-order valence-electron chi connectivity index (χ2n) is 6.86. The predicted octanol–water partition coefficient (Wildman–Crippen LogP) is 3.77. The number of aryl methyl sites for hydroxylation is 1. The Balaban J connectivity index is 1.33. The SMILES string of the molecule is NC(=NCCCc1cnc[nH]1)NCCSCc1ccccc1Cc1ccccc1. The molecule has 0 radical (unpaired) electrons. The first-order valence-corrected chi connectivity index (χ1v) is 11.2. The van der Waals surface area contributed by atoms with Gasteiger partial charge >= 0.3 is 0 Å². The van der Waals surface area contributed by atoms with Gasteiger partial charge in [0, 0.05) is 36.5 Å². The maximum Gasteiger partial charge on any atom is 0.188 e. The molecule has 0 spiro atoms. The van der Waals surface area contributed by atoms with Crippen molar-refractivity contribution in [1.29, 1.82) is 0 Å². The molecule has 3 rings (SSSR count). The highest BCUT2D eigenvalue weighted by Crippen LogP contribution is 2.19. The van der Waals surface area contributed by atoms with E-state index in [2.05, 4.69) is 74.9 Å². The fraction of sp³-hybridized carbons (Fsp3) is 0.304. The van der Waals surface area contributed by atoms with Crippen molar-refractivity contribution in [2.75, 3.05) is 18.8 Å². The number of guanidine groups is 1. The van der Waals surface area contributed by atoms with Crippen molar-refractivity contribution in [1.82, 2.24) is 15.3 Å². The van der Waals surface area contributed by atoms with Crippen molar-refractivity contribution >= 4 is 17.7 Å². The first-order valence-electron chi connectivity index (χ1n) is 10.0. The summed E-state index contributed by atoms with van der Waals surface area (Å²) in [6.07, 6.45) is 6.42. The Morgan fingerprint density at radius 3 is 2.66 bits per heavy atom. The van der Waals surface area contributed by atoms with Crippen LogP contribution in [0, 0.1) is 0 Å². The molecule has 1 aromatic heterocycles. The van der Waals surface area contributed by atoms with Crippen LogP contribution in [0.15, 0.2) is 72.1 Å². The van der Waals surface area contributed by atoms with Gasteiger partial charge in [0.05, 0.1) is 6.33 Å². The molecule has 0 bridgehead atoms. The predicted molar refractivity (Wildman–Crippen MR) is 123 cm³/mol. The van der Waals surface area contributed by atoms with E-state index in [0.717, 1.165) is 49.6 Å². The molecule has 1 heterocycles. The van der Waals surface area contributed by atoms with E-state index in [1.165, 1.54) is 16.7 Å². The molecule has 6 heteroatoms. The van der Waals surface area contributed by atoms with Gasteiger partial charge in [-0.25, -0.2) is 4.98 Å². The van der Waals surface area contributed by atoms with E-state index in [1.54, 1.807) is 6.33 Å². The van der Waals surface area contributed by atoms with E-state index < -0.39 is 0 Å². The number of hydrogen-bond donors (Lipinski definition) is 3. The minimum absolute atomic E-state index is 0.527. The number of imidazole rings is 1. The van der Waals surface area contributed by atoms with E-state index in [1.807, 2.05) is 18.0 Å². The Hall–Kier alpha value is -2.73. The number of nitrogens with two attached hydrogens (primary N) is 1. The van der Waals surface area contributed by atoms with Crippen LogP contribution in [0.2, 0.25) is 0 Å². The van der Waals surface area contributed by atoms with Crippen LogP contribution in [0.4, 0.5) is 0 Å². The van der Waals surface area contributed by atoms with Crippen LogP contribution in [0.1, 0.15) is 28.8 Å². The van der Waals surface area contributed by atoms with E-state index in [4.69, 9.17) is 5.73 Å². The van der Waals surface area contributed by atoms with Gasteiger partial charge in [0.1, 0.15) is 0 Å². The number of aromatic amines is 1. The second-order valence-corrected chi connectivity index (χ2v) is 7.96. The first-order chi connectivity index (χ1) is 14.3. The summed E-state index contributed by atoms with van der Waals surface area (Å²) in [5.74, 6) is 2.52. The number of thioether (sulfide) groups is 1. The second kappa shape index (κ2) is 12.0. The molecular weight excluding hydrogens is 378 g/mol. The standard InChI is InChI=1S/C23H29N5S/c24-23(26-12-6-11-22-16-25-18-28-22)27-13-14-29-17-21-10-5-4-9-20(21)15-19-7-2-1-3-8-19/h1-5,7-10,16,18H,6,11-15,17H2,(H,25,28)(H3,24,26,27). The van der Waals surface area contributed by atoms with Gasteiger partial charge in [0.2, 0.25) is 0 Å². The summed E-state index contributed by atoms with van der Waals surface area (Å²) < 4.78 is 0. The average Bonchev–Trinajstić information content (AvgIpc) is 3.26. The Morgan fingerprint density at radius 1 is 1.07 bits per heavy atom. The quantitative estimate of drug-likeness (QED) is 0.257. The van der Waals surface area contributed by atoms with Crippen LogP contribution in [0.5, 0.6) is 0 Å². The number of rotatable bonds is 11. The number of nitrogens with one attached hydrogen (secondary N) is 2. The zero-order valence-electron chi connectivity index (χ0n) is 16.7. The molecule has 0 atom stereocenters. The molecule has 0 fully saturated rings. The third kappa shape index (κ3) is 7.66. The number of H-pyrrole nitrogens is 1. The van der Waals surface area contributed by atoms with Crippen LogP contribution >= 0.6 is 11.8 Å². The molecule has 4 N–H and O–H groups in total. The zero-order valence-corrected chi connectivity index (χ0v) is 17.5. The fourth-order valence-corrected chi connectivity index (χ4v) is 3.96. The van der Waals surface area contributed by atoms with Crippen LogP contribution in [0.25, 0.3) is 0 Å². The van der Waals surface area contributed by atoms with Crippen molar-refractivity contribution < 1.29 is 0 Å². The largest absolute Gasteiger partial charge is 0.370 e. The zero-order chi connectivity index (χ0) is 20.2. The molecule has 0 aliphatic rings. The van der Waals surface area contributed by atoms with E-state index in [0.29, 0.717) is 5.96 Å². The lowest BCUT2D eigenvalue weighted by Gasteiger charge is -2.10. The Labute approximate surface area is 177 Å². The monoisotopic (exact) mass is 407 g/mol. The maximum absolute atomic E-state index is 5.95. The third-order valence-corrected chi connectivity index (χ3v) is 5.62. The van der Waals surface area contributed by atoms with Gasteiger partial charge in [-0.15, -0.1) is 0 Å². The molecule has 3 aromatic rings. The maximum atomic E-state index is 5.95. The van der Waals surface area contributed by atoms with Gasteiger partial charge in [0.25, 0.3) is 0 Å². The van der Waals surface area contributed by atoms with Crippen molar-refractivity contribution in [2.24, 2.45) is 10.7 Å². The molecule has 5 nitrogen and oxygen atoms in total. The van der Waals surface area contributed by atoms with Crippen LogP contribution < -0.4 is 11.1 Å². The molecule has 0 saturated carbocycles. The average molecular weight is 408 g/mol. The molecule has 29 heavy (non-hydrogen) atoms. The van der Waals surface area contributed by atoms with Gasteiger partial charge in [-0.2, -0.15) is 11.8 Å². The lowest BCUT2D eigenvalue weighted by Crippen LogP contribution is -2.33. The third-order valence-electron chi connectivity index (χ3n) is 4.61. The Kier molecular flexibility index (Phi) is 8.66. The highest BCUT2D eigenvalue weighted by Gasteiger charge is 2.03. The Bertz CT molecular complexity index is 862. The summed E-state index contributed by atoms with van der Waals surface area (Å²) >= 11 is 1.92. The summed E-state index contributed by atoms with van der Waals surface area (Å²) in [5.41, 5.74) is 11.2. The summed E-state index contributed by atoms with van der Waals surface area (Å²) in [6.45, 7) is 1.54. The molecule has 0 unspecified atom stereocenters. The van der Waals surface area contributed by atoms with Crippen molar-refractivity contribution in [3.63, 3.8) is 0 Å². The van der Waals surface area contributed by atoms with Gasteiger partial charge in [-0.05, 0) is 36.0 Å². The summed E-state index contributed by atoms with van der Waals surface area (Å²) in [4.78, 5) is 11.5. The van der Waals surface area contributed by atoms with Gasteiger partial charge in [0.15, 0.2) is 5.96 Å². The number of aromatic nitrogens is 2. The van der Waals surface area contributed by atoms with Crippen molar-refractivity contribution in [2.45, 2.75) is 25.0 Å².